The number of aromatic nitrogens is 1. The van der Waals surface area contributed by atoms with Gasteiger partial charge in [0, 0.05) is 42.0 Å². The monoisotopic (exact) mass is 480 g/mol. The predicted molar refractivity (Wildman–Crippen MR) is 130 cm³/mol. The van der Waals surface area contributed by atoms with Crippen LogP contribution in [0.15, 0.2) is 78.0 Å². The van der Waals surface area contributed by atoms with Gasteiger partial charge in [0.1, 0.15) is 0 Å². The number of rotatable bonds is 7. The molecule has 8 heteroatoms. The van der Waals surface area contributed by atoms with Crippen molar-refractivity contribution in [1.29, 1.82) is 0 Å². The second-order valence-electron chi connectivity index (χ2n) is 8.30. The summed E-state index contributed by atoms with van der Waals surface area (Å²) in [5.41, 5.74) is 3.29. The number of pyridine rings is 1. The molecule has 2 aromatic carbocycles. The first-order chi connectivity index (χ1) is 16.4. The molecular formula is C26H28N2O5S. The van der Waals surface area contributed by atoms with E-state index in [1.807, 2.05) is 54.6 Å². The van der Waals surface area contributed by atoms with E-state index in [4.69, 9.17) is 9.47 Å². The van der Waals surface area contributed by atoms with Gasteiger partial charge in [-0.3, -0.25) is 4.79 Å². The summed E-state index contributed by atoms with van der Waals surface area (Å²) >= 11 is 1.45. The van der Waals surface area contributed by atoms with Crippen LogP contribution >= 0.6 is 11.8 Å². The highest BCUT2D eigenvalue weighted by Crippen LogP contribution is 2.43. The van der Waals surface area contributed by atoms with Gasteiger partial charge in [-0.25, -0.2) is 0 Å². The van der Waals surface area contributed by atoms with Crippen molar-refractivity contribution in [2.24, 2.45) is 5.92 Å². The van der Waals surface area contributed by atoms with Gasteiger partial charge in [-0.15, -0.1) is 0 Å². The van der Waals surface area contributed by atoms with E-state index < -0.39 is 6.29 Å². The molecule has 7 nitrogen and oxygen atoms in total. The van der Waals surface area contributed by atoms with Crippen molar-refractivity contribution in [3.63, 3.8) is 0 Å². The summed E-state index contributed by atoms with van der Waals surface area (Å²) in [7, 11) is 0. The summed E-state index contributed by atoms with van der Waals surface area (Å²) in [6.45, 7) is 3.53. The van der Waals surface area contributed by atoms with Crippen molar-refractivity contribution >= 4 is 23.4 Å². The summed E-state index contributed by atoms with van der Waals surface area (Å²) in [4.78, 5) is 11.5. The van der Waals surface area contributed by atoms with Gasteiger partial charge >= 0.3 is 0 Å². The highest BCUT2D eigenvalue weighted by Gasteiger charge is 2.38. The lowest BCUT2D eigenvalue weighted by molar-refractivity contribution is -0.645. The molecule has 2 heterocycles. The van der Waals surface area contributed by atoms with Gasteiger partial charge in [-0.05, 0) is 29.3 Å². The Kier molecular flexibility index (Phi) is 7.84. The summed E-state index contributed by atoms with van der Waals surface area (Å²) in [5.74, 6) is 0.427. The van der Waals surface area contributed by atoms with Crippen LogP contribution in [0.2, 0.25) is 0 Å². The number of thioether (sulfide) groups is 1. The molecule has 0 aliphatic carbocycles. The minimum Gasteiger partial charge on any atom is -0.618 e. The molecule has 4 atom stereocenters. The fraction of sp³-hybridized carbons (Fsp3) is 0.308. The number of hydrogen-bond donors (Lipinski definition) is 2. The molecule has 0 radical (unpaired) electrons. The summed E-state index contributed by atoms with van der Waals surface area (Å²) < 4.78 is 13.7. The third-order valence-electron chi connectivity index (χ3n) is 5.79. The zero-order valence-electron chi connectivity index (χ0n) is 19.1. The molecule has 4 rings (SSSR count). The van der Waals surface area contributed by atoms with E-state index in [1.165, 1.54) is 24.9 Å². The molecule has 0 bridgehead atoms. The molecule has 34 heavy (non-hydrogen) atoms. The first-order valence-corrected chi connectivity index (χ1v) is 12.1. The second-order valence-corrected chi connectivity index (χ2v) is 9.34. The van der Waals surface area contributed by atoms with E-state index in [0.29, 0.717) is 16.5 Å². The Bertz CT molecular complexity index is 1120. The van der Waals surface area contributed by atoms with Crippen LogP contribution in [0.3, 0.4) is 0 Å². The number of hydrogen-bond acceptors (Lipinski definition) is 6. The lowest BCUT2D eigenvalue weighted by atomic mass is 9.91. The SMILES string of the molecule is CC(=O)Nc1cccc(C2OC(CSc3cccc[n+]3[O-])C(C)C(c3ccc(CO)cc3)O2)c1. The Hall–Kier alpha value is -2.91. The van der Waals surface area contributed by atoms with Crippen molar-refractivity contribution in [3.05, 3.63) is 94.8 Å². The van der Waals surface area contributed by atoms with Gasteiger partial charge in [0.15, 0.2) is 12.5 Å². The molecule has 1 amide bonds. The van der Waals surface area contributed by atoms with Crippen LogP contribution in [0.4, 0.5) is 5.69 Å². The largest absolute Gasteiger partial charge is 0.618 e. The Balaban J connectivity index is 1.61. The van der Waals surface area contributed by atoms with Crippen molar-refractivity contribution in [2.45, 2.75) is 44.0 Å². The smallest absolute Gasteiger partial charge is 0.251 e. The van der Waals surface area contributed by atoms with Gasteiger partial charge in [0.25, 0.3) is 5.03 Å². The minimum absolute atomic E-state index is 0.00562. The van der Waals surface area contributed by atoms with Crippen LogP contribution in [-0.2, 0) is 20.9 Å². The maximum Gasteiger partial charge on any atom is 0.251 e. The van der Waals surface area contributed by atoms with Crippen molar-refractivity contribution in [2.75, 3.05) is 11.1 Å². The third-order valence-corrected chi connectivity index (χ3v) is 6.89. The molecule has 178 valence electrons. The number of nitrogens with zero attached hydrogens (tertiary/aromatic N) is 1. The number of amides is 1. The van der Waals surface area contributed by atoms with Gasteiger partial charge in [-0.1, -0.05) is 55.1 Å². The Labute approximate surface area is 203 Å². The number of aliphatic hydroxyl groups is 1. The zero-order chi connectivity index (χ0) is 24.1. The van der Waals surface area contributed by atoms with Gasteiger partial charge in [0.2, 0.25) is 5.91 Å². The number of aliphatic hydroxyl groups excluding tert-OH is 1. The number of carbonyl (C=O) groups is 1. The summed E-state index contributed by atoms with van der Waals surface area (Å²) in [6, 6.07) is 20.5. The summed E-state index contributed by atoms with van der Waals surface area (Å²) in [6.07, 6.45) is 0.388. The number of anilines is 1. The Morgan fingerprint density at radius 3 is 2.59 bits per heavy atom. The topological polar surface area (TPSA) is 94.7 Å². The fourth-order valence-electron chi connectivity index (χ4n) is 3.97. The van der Waals surface area contributed by atoms with Gasteiger partial charge in [0.05, 0.1) is 18.8 Å². The number of ether oxygens (including phenoxy) is 2. The van der Waals surface area contributed by atoms with Gasteiger partial charge in [-0.2, -0.15) is 4.73 Å². The highest BCUT2D eigenvalue weighted by molar-refractivity contribution is 7.99. The van der Waals surface area contributed by atoms with E-state index in [9.17, 15) is 15.1 Å². The highest BCUT2D eigenvalue weighted by atomic mass is 32.2. The average Bonchev–Trinajstić information content (AvgIpc) is 2.84. The van der Waals surface area contributed by atoms with Crippen LogP contribution in [-0.4, -0.2) is 22.9 Å². The molecule has 0 spiro atoms. The van der Waals surface area contributed by atoms with Crippen molar-refractivity contribution in [1.82, 2.24) is 0 Å². The Morgan fingerprint density at radius 1 is 1.09 bits per heavy atom. The molecule has 1 aromatic heterocycles. The minimum atomic E-state index is -0.645. The van der Waals surface area contributed by atoms with E-state index in [2.05, 4.69) is 12.2 Å². The third kappa shape index (κ3) is 5.77. The first kappa shape index (κ1) is 24.2. The fourth-order valence-corrected chi connectivity index (χ4v) is 5.05. The molecule has 1 fully saturated rings. The molecule has 1 aliphatic rings. The van der Waals surface area contributed by atoms with E-state index in [1.54, 1.807) is 12.1 Å². The van der Waals surface area contributed by atoms with Crippen LogP contribution in [0.5, 0.6) is 0 Å². The molecule has 0 saturated carbocycles. The van der Waals surface area contributed by atoms with Crippen LogP contribution in [0.1, 0.15) is 42.9 Å². The van der Waals surface area contributed by atoms with Crippen LogP contribution in [0.25, 0.3) is 0 Å². The Morgan fingerprint density at radius 2 is 1.88 bits per heavy atom. The normalized spacial score (nSPS) is 22.3. The number of benzene rings is 2. The standard InChI is InChI=1S/C26H28N2O5S/c1-17-23(16-34-24-8-3-4-13-28(24)31)32-26(21-6-5-7-22(14-21)27-18(2)30)33-25(17)20-11-9-19(15-29)10-12-20/h3-14,17,23,25-26,29H,15-16H2,1-2H3,(H,27,30). The van der Waals surface area contributed by atoms with Crippen LogP contribution < -0.4 is 10.0 Å². The van der Waals surface area contributed by atoms with Crippen molar-refractivity contribution < 1.29 is 24.1 Å². The second kappa shape index (κ2) is 11.0. The van der Waals surface area contributed by atoms with Crippen LogP contribution in [0, 0.1) is 11.1 Å². The van der Waals surface area contributed by atoms with E-state index >= 15 is 0 Å². The number of carbonyl (C=O) groups excluding carboxylic acids is 1. The van der Waals surface area contributed by atoms with Gasteiger partial charge < -0.3 is 25.1 Å². The maximum atomic E-state index is 12.1. The lowest BCUT2D eigenvalue weighted by Crippen LogP contribution is -2.39. The quantitative estimate of drug-likeness (QED) is 0.297. The first-order valence-electron chi connectivity index (χ1n) is 11.1. The van der Waals surface area contributed by atoms with E-state index in [0.717, 1.165) is 21.4 Å². The predicted octanol–water partition coefficient (Wildman–Crippen LogP) is 4.35. The maximum absolute atomic E-state index is 12.1. The van der Waals surface area contributed by atoms with Crippen molar-refractivity contribution in [3.8, 4) is 0 Å². The average molecular weight is 481 g/mol. The molecule has 2 N–H and O–H groups in total. The molecule has 1 aliphatic heterocycles. The molecule has 1 saturated heterocycles. The molecule has 3 aromatic rings. The van der Waals surface area contributed by atoms with E-state index in [-0.39, 0.29) is 30.6 Å². The zero-order valence-corrected chi connectivity index (χ0v) is 19.9. The summed E-state index contributed by atoms with van der Waals surface area (Å²) in [5, 5.41) is 24.9. The molecule has 4 unspecified atom stereocenters. The molecular weight excluding hydrogens is 452 g/mol. The number of nitrogens with one attached hydrogen (secondary N) is 1. The lowest BCUT2D eigenvalue weighted by Gasteiger charge is -2.41.